The highest BCUT2D eigenvalue weighted by atomic mass is 79.9. The summed E-state index contributed by atoms with van der Waals surface area (Å²) < 4.78 is 62.6. The van der Waals surface area contributed by atoms with Crippen LogP contribution in [0.2, 0.25) is 0 Å². The lowest BCUT2D eigenvalue weighted by Gasteiger charge is -2.29. The number of aromatic amines is 1. The smallest absolute Gasteiger partial charge is 0.407 e. The maximum Gasteiger partial charge on any atom is 0.407 e. The Balaban J connectivity index is 0.000000246. The van der Waals surface area contributed by atoms with Crippen molar-refractivity contribution in [2.24, 2.45) is 32.7 Å². The second-order valence-corrected chi connectivity index (χ2v) is 32.9. The molecule has 1 aromatic heterocycles. The van der Waals surface area contributed by atoms with Gasteiger partial charge in [-0.1, -0.05) is 90.4 Å². The van der Waals surface area contributed by atoms with Gasteiger partial charge in [0.2, 0.25) is 17.7 Å². The second-order valence-electron chi connectivity index (χ2n) is 27.5. The fourth-order valence-electron chi connectivity index (χ4n) is 14.0. The van der Waals surface area contributed by atoms with E-state index in [0.717, 1.165) is 122 Å². The second kappa shape index (κ2) is 29.0. The number of ether oxygens (including phenoxy) is 3. The summed E-state index contributed by atoms with van der Waals surface area (Å²) in [5, 5.41) is 19.6. The number of sulfone groups is 2. The Labute approximate surface area is 579 Å². The number of imidazole rings is 1. The van der Waals surface area contributed by atoms with Crippen LogP contribution in [0.5, 0.6) is 0 Å². The van der Waals surface area contributed by atoms with Gasteiger partial charge in [-0.05, 0) is 143 Å². The number of rotatable bonds is 20. The Morgan fingerprint density at radius 3 is 1.53 bits per heavy atom. The predicted molar refractivity (Wildman–Crippen MR) is 374 cm³/mol. The van der Waals surface area contributed by atoms with E-state index in [1.807, 2.05) is 56.6 Å². The fraction of sp³-hybridized carbons (Fsp3) is 0.465. The number of methoxy groups -OCH3 is 3. The lowest BCUT2D eigenvalue weighted by Crippen LogP contribution is -2.52. The molecule has 6 heterocycles. The molecule has 2 saturated carbocycles. The van der Waals surface area contributed by atoms with Crippen LogP contribution in [0.3, 0.4) is 0 Å². The maximum atomic E-state index is 14.0. The number of hydrogen-bond acceptors (Lipinski definition) is 17. The molecule has 12 rings (SSSR count). The molecule has 5 aromatic rings. The molecule has 24 nitrogen and oxygen atoms in total. The van der Waals surface area contributed by atoms with Crippen LogP contribution in [0.15, 0.2) is 118 Å². The standard InChI is InChI=1S/C48H54N8O8S.C23H28BrN3O5S/c1-28(2)42(54-47(60)64-4)45(58)55-26-29(23-49)18-40(55)43-51-25-39(52-43)35-13-12-33-19-32(10-11-34(33)20-35)30-6-8-31(9-7-30)36-21-38(50-24-36)41-22-48(15-16-48)27-56(41)44(57)37(53-46(59)63-3)14-17-65(5,61)62;1-32-22(29)26-18(7-10-33(2,30)31)21(28)27-14-23(8-9-23)12-20(27)19-11-16(13-25-19)15-3-5-17(24)6-4-15/h6-13,19-20,24-25,28-29,37,40-42H,14-18,21-22,26-27H2,1-5H3,(H,51,52)(H,53,59)(H,54,60);3-6,13,18,20H,7-12,14H2,1-2H3,(H,26,29)/t29-,37+,40+,41+,42+;18-,20-/m01/s1. The Morgan fingerprint density at radius 1 is 0.622 bits per heavy atom. The Bertz CT molecular complexity index is 4350. The van der Waals surface area contributed by atoms with Crippen LogP contribution in [0.25, 0.3) is 44.3 Å². The third-order valence-electron chi connectivity index (χ3n) is 19.9. The molecule has 2 aliphatic carbocycles. The number of nitrogens with zero attached hydrogens (tertiary/aromatic N) is 7. The number of halogens is 1. The number of amides is 6. The highest BCUT2D eigenvalue weighted by molar-refractivity contribution is 9.10. The average Bonchev–Trinajstić information content (AvgIpc) is 1.59. The zero-order valence-corrected chi connectivity index (χ0v) is 59.1. The van der Waals surface area contributed by atoms with Crippen molar-refractivity contribution in [2.45, 2.75) is 121 Å². The number of aliphatic imine (C=N–C) groups is 2. The van der Waals surface area contributed by atoms with E-state index in [4.69, 9.17) is 14.5 Å². The van der Waals surface area contributed by atoms with Gasteiger partial charge >= 0.3 is 18.3 Å². The van der Waals surface area contributed by atoms with E-state index < -0.39 is 62.1 Å². The molecular weight excluding hydrogens is 1360 g/mol. The van der Waals surface area contributed by atoms with Crippen molar-refractivity contribution in [3.63, 3.8) is 0 Å². The third kappa shape index (κ3) is 16.5. The van der Waals surface area contributed by atoms with Crippen LogP contribution < -0.4 is 16.0 Å². The highest BCUT2D eigenvalue weighted by Gasteiger charge is 2.57. The van der Waals surface area contributed by atoms with Gasteiger partial charge in [-0.15, -0.1) is 0 Å². The van der Waals surface area contributed by atoms with Gasteiger partial charge in [0.1, 0.15) is 43.6 Å². The van der Waals surface area contributed by atoms with Crippen LogP contribution in [0, 0.1) is 34.0 Å². The van der Waals surface area contributed by atoms with Crippen molar-refractivity contribution < 1.29 is 59.8 Å². The number of nitriles is 1. The minimum absolute atomic E-state index is 0.00213. The first kappa shape index (κ1) is 70.6. The molecule has 3 saturated heterocycles. The Hall–Kier alpha value is -8.74. The summed E-state index contributed by atoms with van der Waals surface area (Å²) >= 11 is 3.45. The molecule has 98 heavy (non-hydrogen) atoms. The Morgan fingerprint density at radius 2 is 1.07 bits per heavy atom. The minimum Gasteiger partial charge on any atom is -0.453 e. The summed E-state index contributed by atoms with van der Waals surface area (Å²) in [4.78, 5) is 100. The summed E-state index contributed by atoms with van der Waals surface area (Å²) in [5.41, 5.74) is 10.0. The van der Waals surface area contributed by atoms with Crippen molar-refractivity contribution in [1.82, 2.24) is 40.6 Å². The Kier molecular flexibility index (Phi) is 20.9. The van der Waals surface area contributed by atoms with Crippen molar-refractivity contribution in [1.29, 1.82) is 5.26 Å². The molecule has 27 heteroatoms. The van der Waals surface area contributed by atoms with E-state index in [1.165, 1.54) is 21.3 Å². The SMILES string of the molecule is COC(=O)N[C@H](CCS(C)(=O)=O)C(=O)N1CC2(CC2)C[C@@H]1C1=NC=C(c2ccc(-c3ccc4cc(-c5cnc([C@H]6C[C@@H](C#N)CN6C(=O)[C@H](NC(=O)OC)C(C)C)[nH]5)ccc4c3)cc2)C1.COC(=O)N[C@H](CCS(C)(=O)=O)C(=O)N1CC2(CC2)C[C@@H]1C1=NC=C(c2ccc(Br)cc2)C1. The molecule has 5 aliphatic heterocycles. The molecule has 6 amide bonds. The molecule has 7 aliphatic rings. The van der Waals surface area contributed by atoms with Gasteiger partial charge in [0.15, 0.2) is 0 Å². The van der Waals surface area contributed by atoms with E-state index in [2.05, 4.69) is 112 Å². The van der Waals surface area contributed by atoms with Gasteiger partial charge in [-0.3, -0.25) is 24.4 Å². The van der Waals surface area contributed by atoms with Gasteiger partial charge < -0.3 is 49.8 Å². The number of nitrogens with one attached hydrogen (secondary N) is 4. The molecule has 4 aromatic carbocycles. The molecule has 2 spiro atoms. The first-order valence-electron chi connectivity index (χ1n) is 32.8. The van der Waals surface area contributed by atoms with Crippen LogP contribution >= 0.6 is 15.9 Å². The molecule has 5 fully saturated rings. The van der Waals surface area contributed by atoms with Crippen molar-refractivity contribution in [2.75, 3.05) is 65.0 Å². The molecule has 0 unspecified atom stereocenters. The van der Waals surface area contributed by atoms with Crippen LogP contribution in [-0.2, 0) is 48.3 Å². The molecular formula is C71H82BrN11O13S2. The van der Waals surface area contributed by atoms with E-state index in [-0.39, 0.29) is 83.4 Å². The van der Waals surface area contributed by atoms with Gasteiger partial charge in [-0.25, -0.2) is 36.2 Å². The first-order chi connectivity index (χ1) is 46.7. The van der Waals surface area contributed by atoms with Gasteiger partial charge in [-0.2, -0.15) is 5.26 Å². The van der Waals surface area contributed by atoms with E-state index in [9.17, 15) is 50.9 Å². The number of aromatic nitrogens is 2. The van der Waals surface area contributed by atoms with Crippen molar-refractivity contribution in [3.05, 3.63) is 125 Å². The largest absolute Gasteiger partial charge is 0.453 e. The first-order valence-corrected chi connectivity index (χ1v) is 37.7. The zero-order valence-electron chi connectivity index (χ0n) is 55.9. The van der Waals surface area contributed by atoms with E-state index >= 15 is 0 Å². The monoisotopic (exact) mass is 1440 g/mol. The van der Waals surface area contributed by atoms with E-state index in [1.54, 1.807) is 20.9 Å². The normalized spacial score (nSPS) is 21.2. The number of benzene rings is 4. The number of carbonyl (C=O) groups is 6. The van der Waals surface area contributed by atoms with Gasteiger partial charge in [0, 0.05) is 78.8 Å². The molecule has 0 radical (unpaired) electrons. The fourth-order valence-corrected chi connectivity index (χ4v) is 15.6. The van der Waals surface area contributed by atoms with Crippen LogP contribution in [-0.4, -0.2) is 184 Å². The number of H-pyrrole nitrogens is 1. The molecule has 518 valence electrons. The number of allylic oxidation sites excluding steroid dienone is 2. The summed E-state index contributed by atoms with van der Waals surface area (Å²) in [7, 11) is -3.00. The molecule has 7 atom stereocenters. The van der Waals surface area contributed by atoms with Crippen molar-refractivity contribution in [3.8, 4) is 28.5 Å². The summed E-state index contributed by atoms with van der Waals surface area (Å²) in [6.45, 7) is 5.07. The highest BCUT2D eigenvalue weighted by Crippen LogP contribution is 2.57. The maximum absolute atomic E-state index is 14.0. The van der Waals surface area contributed by atoms with Gasteiger partial charge in [0.05, 0.1) is 74.8 Å². The van der Waals surface area contributed by atoms with Gasteiger partial charge in [0.25, 0.3) is 0 Å². The minimum atomic E-state index is -3.37. The quantitative estimate of drug-likeness (QED) is 0.0527. The number of likely N-dealkylation sites (tertiary alicyclic amines) is 3. The van der Waals surface area contributed by atoms with E-state index in [0.29, 0.717) is 38.2 Å². The molecule has 4 N–H and O–H groups in total. The summed E-state index contributed by atoms with van der Waals surface area (Å²) in [6, 6.07) is 27.5. The average molecular weight is 1440 g/mol. The summed E-state index contributed by atoms with van der Waals surface area (Å²) in [6.07, 6.45) is 12.8. The number of hydrogen-bond donors (Lipinski definition) is 4. The number of alkyl carbamates (subject to hydrolysis) is 3. The number of carbonyl (C=O) groups excluding carboxylic acids is 6. The summed E-state index contributed by atoms with van der Waals surface area (Å²) in [5.74, 6) is -1.34. The lowest BCUT2D eigenvalue weighted by molar-refractivity contribution is -0.135. The topological polar surface area (TPSA) is 321 Å². The predicted octanol–water partition coefficient (Wildman–Crippen LogP) is 9.59. The van der Waals surface area contributed by atoms with Crippen LogP contribution in [0.1, 0.15) is 107 Å². The van der Waals surface area contributed by atoms with Crippen LogP contribution in [0.4, 0.5) is 14.4 Å². The number of fused-ring (bicyclic) bond motifs is 1. The third-order valence-corrected chi connectivity index (χ3v) is 22.4. The van der Waals surface area contributed by atoms with Crippen molar-refractivity contribution >= 4 is 105 Å². The lowest BCUT2D eigenvalue weighted by atomic mass is 9.94. The zero-order chi connectivity index (χ0) is 70.0. The molecule has 0 bridgehead atoms.